The molecule has 29 heavy (non-hydrogen) atoms. The summed E-state index contributed by atoms with van der Waals surface area (Å²) in [7, 11) is 3.36. The molecule has 0 bridgehead atoms. The molecular weight excluding hydrogens is 488 g/mol. The molecule has 7 nitrogen and oxygen atoms in total. The lowest BCUT2D eigenvalue weighted by Gasteiger charge is -2.34. The van der Waals surface area contributed by atoms with Gasteiger partial charge in [-0.15, -0.1) is 24.0 Å². The van der Waals surface area contributed by atoms with E-state index in [1.165, 1.54) is 12.1 Å². The lowest BCUT2D eigenvalue weighted by atomic mass is 9.93. The number of nitrogens with two attached hydrogens (primary N) is 1. The molecule has 162 valence electrons. The molecule has 0 spiro atoms. The van der Waals surface area contributed by atoms with Gasteiger partial charge in [-0.2, -0.15) is 0 Å². The van der Waals surface area contributed by atoms with Crippen LogP contribution >= 0.6 is 24.0 Å². The highest BCUT2D eigenvalue weighted by molar-refractivity contribution is 14.0. The zero-order valence-corrected chi connectivity index (χ0v) is 19.3. The molecule has 0 aliphatic carbocycles. The second-order valence-corrected chi connectivity index (χ2v) is 7.17. The molecule has 1 aromatic carbocycles. The van der Waals surface area contributed by atoms with Gasteiger partial charge in [0.2, 0.25) is 11.8 Å². The molecule has 9 heteroatoms. The van der Waals surface area contributed by atoms with E-state index in [1.54, 1.807) is 26.2 Å². The van der Waals surface area contributed by atoms with Crippen molar-refractivity contribution in [1.29, 1.82) is 0 Å². The average molecular weight is 519 g/mol. The molecule has 2 amide bonds. The fourth-order valence-electron chi connectivity index (χ4n) is 3.44. The Morgan fingerprint density at radius 1 is 1.28 bits per heavy atom. The number of primary amides is 1. The van der Waals surface area contributed by atoms with Crippen molar-refractivity contribution in [3.05, 3.63) is 35.6 Å². The number of amides is 2. The number of piperidine rings is 1. The smallest absolute Gasteiger partial charge is 0.222 e. The predicted octanol–water partition coefficient (Wildman–Crippen LogP) is 1.51. The summed E-state index contributed by atoms with van der Waals surface area (Å²) in [6.07, 6.45) is 2.83. The van der Waals surface area contributed by atoms with E-state index in [4.69, 9.17) is 5.73 Å². The molecule has 1 unspecified atom stereocenters. The Balaban J connectivity index is 0.00000420. The van der Waals surface area contributed by atoms with E-state index in [9.17, 15) is 14.0 Å². The van der Waals surface area contributed by atoms with Crippen LogP contribution in [0.15, 0.2) is 29.3 Å². The van der Waals surface area contributed by atoms with Gasteiger partial charge in [-0.05, 0) is 42.9 Å². The maximum Gasteiger partial charge on any atom is 0.222 e. The van der Waals surface area contributed by atoms with E-state index in [2.05, 4.69) is 20.5 Å². The number of benzene rings is 1. The Hall–Kier alpha value is -1.91. The summed E-state index contributed by atoms with van der Waals surface area (Å²) < 4.78 is 13.1. The van der Waals surface area contributed by atoms with Crippen LogP contribution in [-0.4, -0.2) is 56.4 Å². The fraction of sp³-hybridized carbons (Fsp3) is 0.550. The van der Waals surface area contributed by atoms with Gasteiger partial charge >= 0.3 is 0 Å². The number of likely N-dealkylation sites (tertiary alicyclic amines) is 1. The first-order valence-electron chi connectivity index (χ1n) is 9.62. The van der Waals surface area contributed by atoms with Crippen LogP contribution in [0.3, 0.4) is 0 Å². The van der Waals surface area contributed by atoms with E-state index in [1.807, 2.05) is 0 Å². The van der Waals surface area contributed by atoms with Crippen molar-refractivity contribution in [2.45, 2.75) is 25.7 Å². The molecular formula is C20H31FIN5O2. The minimum absolute atomic E-state index is 0. The third-order valence-corrected chi connectivity index (χ3v) is 5.18. The van der Waals surface area contributed by atoms with Crippen LogP contribution in [0.2, 0.25) is 0 Å². The van der Waals surface area contributed by atoms with Crippen molar-refractivity contribution in [2.75, 3.05) is 33.7 Å². The van der Waals surface area contributed by atoms with E-state index in [-0.39, 0.29) is 35.7 Å². The first-order valence-corrected chi connectivity index (χ1v) is 9.62. The first kappa shape index (κ1) is 25.1. The van der Waals surface area contributed by atoms with E-state index in [0.29, 0.717) is 25.3 Å². The zero-order chi connectivity index (χ0) is 20.5. The minimum atomic E-state index is -0.423. The highest BCUT2D eigenvalue weighted by Crippen LogP contribution is 2.20. The molecule has 1 heterocycles. The lowest BCUT2D eigenvalue weighted by Crippen LogP contribution is -2.48. The molecule has 0 radical (unpaired) electrons. The quantitative estimate of drug-likeness (QED) is 0.289. The number of carbonyl (C=O) groups excluding carboxylic acids is 2. The molecule has 4 N–H and O–H groups in total. The van der Waals surface area contributed by atoms with Gasteiger partial charge in [-0.3, -0.25) is 14.6 Å². The molecule has 1 aliphatic rings. The first-order chi connectivity index (χ1) is 13.4. The monoisotopic (exact) mass is 519 g/mol. The van der Waals surface area contributed by atoms with Crippen LogP contribution in [0.1, 0.15) is 24.8 Å². The Morgan fingerprint density at radius 2 is 1.90 bits per heavy atom. The lowest BCUT2D eigenvalue weighted by molar-refractivity contribution is -0.122. The van der Waals surface area contributed by atoms with Crippen molar-refractivity contribution >= 4 is 41.8 Å². The van der Waals surface area contributed by atoms with Gasteiger partial charge in [-0.1, -0.05) is 12.1 Å². The van der Waals surface area contributed by atoms with Crippen molar-refractivity contribution in [1.82, 2.24) is 15.5 Å². The molecule has 1 fully saturated rings. The normalized spacial score (nSPS) is 16.0. The summed E-state index contributed by atoms with van der Waals surface area (Å²) in [4.78, 5) is 29.8. The molecule has 1 saturated heterocycles. The summed E-state index contributed by atoms with van der Waals surface area (Å²) in [5.41, 5.74) is 6.41. The molecule has 1 aromatic rings. The fourth-order valence-corrected chi connectivity index (χ4v) is 3.44. The van der Waals surface area contributed by atoms with E-state index >= 15 is 0 Å². The Bertz CT molecular complexity index is 691. The predicted molar refractivity (Wildman–Crippen MR) is 123 cm³/mol. The third kappa shape index (κ3) is 8.15. The highest BCUT2D eigenvalue weighted by Gasteiger charge is 2.24. The number of aliphatic imine (C=N–C) groups is 1. The second-order valence-electron chi connectivity index (χ2n) is 7.17. The van der Waals surface area contributed by atoms with Crippen LogP contribution in [0.4, 0.5) is 4.39 Å². The highest BCUT2D eigenvalue weighted by atomic mass is 127. The van der Waals surface area contributed by atoms with Crippen molar-refractivity contribution < 1.29 is 14.0 Å². The summed E-state index contributed by atoms with van der Waals surface area (Å²) >= 11 is 0. The maximum atomic E-state index is 13.1. The van der Waals surface area contributed by atoms with Crippen LogP contribution in [0.5, 0.6) is 0 Å². The molecule has 0 aromatic heterocycles. The van der Waals surface area contributed by atoms with Gasteiger partial charge in [0.05, 0.1) is 5.92 Å². The average Bonchev–Trinajstić information content (AvgIpc) is 2.69. The summed E-state index contributed by atoms with van der Waals surface area (Å²) in [6.45, 7) is 1.97. The summed E-state index contributed by atoms with van der Waals surface area (Å²) in [6, 6.07) is 6.08. The number of nitrogens with zero attached hydrogens (tertiary/aromatic N) is 2. The van der Waals surface area contributed by atoms with Gasteiger partial charge in [-0.25, -0.2) is 4.39 Å². The molecule has 1 aliphatic heterocycles. The van der Waals surface area contributed by atoms with Gasteiger partial charge in [0.1, 0.15) is 5.82 Å². The summed E-state index contributed by atoms with van der Waals surface area (Å²) in [5, 5.41) is 5.91. The second kappa shape index (κ2) is 12.6. The number of rotatable bonds is 7. The maximum absolute atomic E-state index is 13.1. The van der Waals surface area contributed by atoms with Crippen molar-refractivity contribution in [2.24, 2.45) is 22.6 Å². The SMILES string of the molecule is CN=C(NCC(Cc1ccc(F)cc1)C(N)=O)N1CCC(CC(=O)NC)CC1.I. The third-order valence-electron chi connectivity index (χ3n) is 5.18. The van der Waals surface area contributed by atoms with Gasteiger partial charge in [0.25, 0.3) is 0 Å². The minimum Gasteiger partial charge on any atom is -0.369 e. The largest absolute Gasteiger partial charge is 0.369 e. The van der Waals surface area contributed by atoms with Crippen LogP contribution in [0, 0.1) is 17.7 Å². The molecule has 1 atom stereocenters. The van der Waals surface area contributed by atoms with Crippen molar-refractivity contribution in [3.8, 4) is 0 Å². The zero-order valence-electron chi connectivity index (χ0n) is 17.0. The topological polar surface area (TPSA) is 99.8 Å². The van der Waals surface area contributed by atoms with E-state index in [0.717, 1.165) is 37.5 Å². The number of hydrogen-bond acceptors (Lipinski definition) is 3. The Labute approximate surface area is 188 Å². The standard InChI is InChI=1S/C20H30FN5O2.HI/c1-23-18(27)12-15-7-9-26(10-8-15)20(24-2)25-13-16(19(22)28)11-14-3-5-17(21)6-4-14;/h3-6,15-16H,7-13H2,1-2H3,(H2,22,28)(H,23,27)(H,24,25);1H. The van der Waals surface area contributed by atoms with Gasteiger partial charge in [0.15, 0.2) is 5.96 Å². The van der Waals surface area contributed by atoms with Crippen LogP contribution in [0.25, 0.3) is 0 Å². The molecule has 0 saturated carbocycles. The van der Waals surface area contributed by atoms with Crippen molar-refractivity contribution in [3.63, 3.8) is 0 Å². The summed E-state index contributed by atoms with van der Waals surface area (Å²) in [5.74, 6) is 0.0447. The molecule has 2 rings (SSSR count). The number of halogens is 2. The Morgan fingerprint density at radius 3 is 2.41 bits per heavy atom. The van der Waals surface area contributed by atoms with Crippen LogP contribution < -0.4 is 16.4 Å². The van der Waals surface area contributed by atoms with Gasteiger partial charge in [0, 0.05) is 40.2 Å². The van der Waals surface area contributed by atoms with Gasteiger partial charge < -0.3 is 21.3 Å². The van der Waals surface area contributed by atoms with E-state index < -0.39 is 11.8 Å². The number of hydrogen-bond donors (Lipinski definition) is 3. The van der Waals surface area contributed by atoms with Crippen LogP contribution in [-0.2, 0) is 16.0 Å². The number of carbonyl (C=O) groups is 2. The Kier molecular flexibility index (Phi) is 10.9. The number of nitrogens with one attached hydrogen (secondary N) is 2. The number of guanidine groups is 1.